The molecular formula is C10H10F3N. The molecule has 1 nitrogen and oxygen atoms in total. The van der Waals surface area contributed by atoms with Crippen LogP contribution in [0.25, 0.3) is 0 Å². The van der Waals surface area contributed by atoms with Crippen LogP contribution in [-0.2, 0) is 12.7 Å². The normalized spacial score (nSPS) is 11.1. The van der Waals surface area contributed by atoms with E-state index in [9.17, 15) is 13.2 Å². The highest BCUT2D eigenvalue weighted by atomic mass is 19.4. The molecule has 0 heterocycles. The second kappa shape index (κ2) is 4.17. The van der Waals surface area contributed by atoms with E-state index in [-0.39, 0.29) is 0 Å². The summed E-state index contributed by atoms with van der Waals surface area (Å²) in [7, 11) is 0. The molecule has 0 atom stereocenters. The van der Waals surface area contributed by atoms with Crippen molar-refractivity contribution in [2.24, 2.45) is 0 Å². The number of nitrogens with one attached hydrogen (secondary N) is 1. The lowest BCUT2D eigenvalue weighted by atomic mass is 10.1. The minimum atomic E-state index is -4.26. The summed E-state index contributed by atoms with van der Waals surface area (Å²) in [5, 5.41) is 2.81. The van der Waals surface area contributed by atoms with Gasteiger partial charge in [0.25, 0.3) is 0 Å². The van der Waals surface area contributed by atoms with Crippen molar-refractivity contribution < 1.29 is 13.2 Å². The van der Waals surface area contributed by atoms with Crippen LogP contribution in [0.5, 0.6) is 0 Å². The van der Waals surface area contributed by atoms with Crippen LogP contribution in [-0.4, -0.2) is 0 Å². The van der Waals surface area contributed by atoms with Crippen molar-refractivity contribution >= 4 is 0 Å². The monoisotopic (exact) mass is 201 g/mol. The molecule has 0 aliphatic heterocycles. The number of alkyl halides is 3. The van der Waals surface area contributed by atoms with Crippen LogP contribution in [0.4, 0.5) is 13.2 Å². The van der Waals surface area contributed by atoms with Gasteiger partial charge in [0.2, 0.25) is 0 Å². The van der Waals surface area contributed by atoms with Gasteiger partial charge in [-0.3, -0.25) is 0 Å². The van der Waals surface area contributed by atoms with Gasteiger partial charge < -0.3 is 5.32 Å². The van der Waals surface area contributed by atoms with E-state index in [1.54, 1.807) is 0 Å². The fraction of sp³-hybridized carbons (Fsp3) is 0.200. The highest BCUT2D eigenvalue weighted by Crippen LogP contribution is 2.28. The summed E-state index contributed by atoms with van der Waals surface area (Å²) >= 11 is 0. The van der Waals surface area contributed by atoms with Crippen molar-refractivity contribution in [1.29, 1.82) is 0 Å². The maximum Gasteiger partial charge on any atom is 0.416 e. The van der Waals surface area contributed by atoms with Crippen molar-refractivity contribution in [3.8, 4) is 0 Å². The molecule has 0 aliphatic carbocycles. The first kappa shape index (κ1) is 10.6. The third-order valence-corrected chi connectivity index (χ3v) is 1.73. The lowest BCUT2D eigenvalue weighted by Gasteiger charge is -2.07. The molecule has 1 rings (SSSR count). The Kier molecular flexibility index (Phi) is 3.17. The predicted octanol–water partition coefficient (Wildman–Crippen LogP) is 2.94. The Labute approximate surface area is 80.2 Å². The Morgan fingerprint density at radius 2 is 1.79 bits per heavy atom. The molecule has 14 heavy (non-hydrogen) atoms. The summed E-state index contributed by atoms with van der Waals surface area (Å²) in [6.45, 7) is 3.93. The number of rotatable bonds is 3. The molecule has 0 radical (unpaired) electrons. The number of benzene rings is 1. The van der Waals surface area contributed by atoms with E-state index in [1.165, 1.54) is 18.3 Å². The number of hydrogen-bond donors (Lipinski definition) is 1. The molecule has 0 bridgehead atoms. The van der Waals surface area contributed by atoms with Crippen LogP contribution < -0.4 is 5.32 Å². The third kappa shape index (κ3) is 2.80. The first-order valence-corrected chi connectivity index (χ1v) is 4.04. The van der Waals surface area contributed by atoms with E-state index < -0.39 is 11.7 Å². The lowest BCUT2D eigenvalue weighted by molar-refractivity contribution is -0.137. The largest absolute Gasteiger partial charge is 0.416 e. The standard InChI is InChI=1S/C10H10F3N/c1-2-14-7-8-3-5-9(6-4-8)10(11,12)13/h2-6,14H,1,7H2. The molecule has 0 spiro atoms. The summed E-state index contributed by atoms with van der Waals surface area (Å²) in [4.78, 5) is 0. The highest BCUT2D eigenvalue weighted by Gasteiger charge is 2.29. The molecule has 1 N–H and O–H groups in total. The first-order chi connectivity index (χ1) is 6.54. The zero-order valence-corrected chi connectivity index (χ0v) is 7.43. The van der Waals surface area contributed by atoms with Gasteiger partial charge in [-0.25, -0.2) is 0 Å². The molecule has 4 heteroatoms. The van der Waals surface area contributed by atoms with Gasteiger partial charge in [-0.05, 0) is 23.9 Å². The van der Waals surface area contributed by atoms with Crippen molar-refractivity contribution in [3.63, 3.8) is 0 Å². The Morgan fingerprint density at radius 3 is 2.21 bits per heavy atom. The Bertz CT molecular complexity index is 300. The molecule has 0 saturated carbocycles. The molecule has 0 amide bonds. The van der Waals surface area contributed by atoms with Gasteiger partial charge in [-0.2, -0.15) is 13.2 Å². The minimum absolute atomic E-state index is 0.488. The van der Waals surface area contributed by atoms with Crippen molar-refractivity contribution in [2.75, 3.05) is 0 Å². The van der Waals surface area contributed by atoms with Crippen molar-refractivity contribution in [2.45, 2.75) is 12.7 Å². The summed E-state index contributed by atoms with van der Waals surface area (Å²) in [6.07, 6.45) is -2.76. The zero-order chi connectivity index (χ0) is 10.6. The third-order valence-electron chi connectivity index (χ3n) is 1.73. The summed E-state index contributed by atoms with van der Waals surface area (Å²) in [6, 6.07) is 5.03. The van der Waals surface area contributed by atoms with Gasteiger partial charge in [0.15, 0.2) is 0 Å². The van der Waals surface area contributed by atoms with Gasteiger partial charge in [-0.15, -0.1) is 0 Å². The summed E-state index contributed by atoms with van der Waals surface area (Å²) in [5.74, 6) is 0. The summed E-state index contributed by atoms with van der Waals surface area (Å²) < 4.78 is 36.4. The lowest BCUT2D eigenvalue weighted by Crippen LogP contribution is -2.06. The van der Waals surface area contributed by atoms with E-state index in [4.69, 9.17) is 0 Å². The Balaban J connectivity index is 2.73. The molecule has 0 aromatic heterocycles. The molecule has 1 aromatic rings. The van der Waals surface area contributed by atoms with Crippen molar-refractivity contribution in [1.82, 2.24) is 5.32 Å². The maximum atomic E-state index is 12.1. The summed E-state index contributed by atoms with van der Waals surface area (Å²) in [5.41, 5.74) is 0.165. The van der Waals surface area contributed by atoms with E-state index in [1.807, 2.05) is 0 Å². The van der Waals surface area contributed by atoms with Gasteiger partial charge >= 0.3 is 6.18 Å². The van der Waals surface area contributed by atoms with E-state index in [2.05, 4.69) is 11.9 Å². The molecule has 0 unspecified atom stereocenters. The molecular weight excluding hydrogens is 191 g/mol. The Morgan fingerprint density at radius 1 is 1.21 bits per heavy atom. The molecule has 0 saturated heterocycles. The van der Waals surface area contributed by atoms with Crippen LogP contribution in [0.1, 0.15) is 11.1 Å². The molecule has 1 aromatic carbocycles. The fourth-order valence-electron chi connectivity index (χ4n) is 1.00. The maximum absolute atomic E-state index is 12.1. The second-order valence-electron chi connectivity index (χ2n) is 2.78. The average Bonchev–Trinajstić information content (AvgIpc) is 2.14. The van der Waals surface area contributed by atoms with Crippen LogP contribution >= 0.6 is 0 Å². The van der Waals surface area contributed by atoms with Gasteiger partial charge in [0.05, 0.1) is 5.56 Å². The topological polar surface area (TPSA) is 12.0 Å². The second-order valence-corrected chi connectivity index (χ2v) is 2.78. The predicted molar refractivity (Wildman–Crippen MR) is 48.5 cm³/mol. The van der Waals surface area contributed by atoms with E-state index in [0.717, 1.165) is 17.7 Å². The molecule has 0 aliphatic rings. The zero-order valence-electron chi connectivity index (χ0n) is 7.43. The van der Waals surface area contributed by atoms with Crippen LogP contribution in [0.3, 0.4) is 0 Å². The SMILES string of the molecule is C=CNCc1ccc(C(F)(F)F)cc1. The van der Waals surface area contributed by atoms with Crippen LogP contribution in [0, 0.1) is 0 Å². The number of halogens is 3. The van der Waals surface area contributed by atoms with Crippen LogP contribution in [0.2, 0.25) is 0 Å². The quantitative estimate of drug-likeness (QED) is 0.792. The minimum Gasteiger partial charge on any atom is -0.387 e. The smallest absolute Gasteiger partial charge is 0.387 e. The van der Waals surface area contributed by atoms with E-state index in [0.29, 0.717) is 6.54 Å². The molecule has 76 valence electrons. The van der Waals surface area contributed by atoms with Crippen LogP contribution in [0.15, 0.2) is 37.0 Å². The first-order valence-electron chi connectivity index (χ1n) is 4.04. The van der Waals surface area contributed by atoms with Gasteiger partial charge in [0, 0.05) is 6.54 Å². The van der Waals surface area contributed by atoms with E-state index >= 15 is 0 Å². The fourth-order valence-corrected chi connectivity index (χ4v) is 1.00. The average molecular weight is 201 g/mol. The Hall–Kier alpha value is -1.45. The van der Waals surface area contributed by atoms with Gasteiger partial charge in [-0.1, -0.05) is 18.7 Å². The number of hydrogen-bond acceptors (Lipinski definition) is 1. The van der Waals surface area contributed by atoms with Crippen molar-refractivity contribution in [3.05, 3.63) is 48.2 Å². The highest BCUT2D eigenvalue weighted by molar-refractivity contribution is 5.24. The van der Waals surface area contributed by atoms with Gasteiger partial charge in [0.1, 0.15) is 0 Å². The molecule has 0 fully saturated rings.